The van der Waals surface area contributed by atoms with Crippen LogP contribution in [0.25, 0.3) is 11.7 Å². The minimum atomic E-state index is 0.368. The van der Waals surface area contributed by atoms with Gasteiger partial charge in [0, 0.05) is 0 Å². The van der Waals surface area contributed by atoms with Crippen LogP contribution in [0.1, 0.15) is 24.9 Å². The van der Waals surface area contributed by atoms with Crippen LogP contribution in [-0.2, 0) is 12.3 Å². The van der Waals surface area contributed by atoms with Crippen LogP contribution in [-0.4, -0.2) is 15.9 Å². The van der Waals surface area contributed by atoms with Crippen molar-refractivity contribution in [3.05, 3.63) is 23.7 Å². The van der Waals surface area contributed by atoms with Gasteiger partial charge in [-0.3, -0.25) is 0 Å². The fourth-order valence-corrected chi connectivity index (χ4v) is 2.06. The molecule has 0 unspecified atom stereocenters. The van der Waals surface area contributed by atoms with Crippen LogP contribution in [0.5, 0.6) is 0 Å². The van der Waals surface area contributed by atoms with Gasteiger partial charge >= 0.3 is 0 Å². The highest BCUT2D eigenvalue weighted by atomic mass is 32.2. The lowest BCUT2D eigenvalue weighted by molar-refractivity contribution is 0.407. The molecule has 0 aliphatic heterocycles. The van der Waals surface area contributed by atoms with E-state index in [1.165, 1.54) is 0 Å². The molecule has 0 amide bonds. The van der Waals surface area contributed by atoms with E-state index in [-0.39, 0.29) is 0 Å². The highest BCUT2D eigenvalue weighted by molar-refractivity contribution is 7.98. The zero-order valence-electron chi connectivity index (χ0n) is 9.68. The van der Waals surface area contributed by atoms with E-state index in [0.29, 0.717) is 29.8 Å². The van der Waals surface area contributed by atoms with Crippen molar-refractivity contribution in [2.75, 3.05) is 5.75 Å². The fraction of sp³-hybridized carbons (Fsp3) is 0.455. The van der Waals surface area contributed by atoms with E-state index in [9.17, 15) is 0 Å². The van der Waals surface area contributed by atoms with Crippen molar-refractivity contribution in [2.45, 2.75) is 25.6 Å². The summed E-state index contributed by atoms with van der Waals surface area (Å²) in [7, 11) is 0. The first-order valence-electron chi connectivity index (χ1n) is 5.53. The van der Waals surface area contributed by atoms with E-state index in [4.69, 9.17) is 14.7 Å². The van der Waals surface area contributed by atoms with Crippen LogP contribution >= 0.6 is 11.8 Å². The lowest BCUT2D eigenvalue weighted by Gasteiger charge is -1.91. The number of hydrogen-bond acceptors (Lipinski definition) is 6. The Bertz CT molecular complexity index is 467. The Morgan fingerprint density at radius 1 is 1.41 bits per heavy atom. The Kier molecular flexibility index (Phi) is 4.22. The summed E-state index contributed by atoms with van der Waals surface area (Å²) >= 11 is 1.79. The van der Waals surface area contributed by atoms with Crippen molar-refractivity contribution in [2.24, 2.45) is 5.73 Å². The van der Waals surface area contributed by atoms with Gasteiger partial charge in [-0.15, -0.1) is 0 Å². The topological polar surface area (TPSA) is 78.1 Å². The second-order valence-corrected chi connectivity index (χ2v) is 4.64. The first-order chi connectivity index (χ1) is 8.33. The summed E-state index contributed by atoms with van der Waals surface area (Å²) in [5.41, 5.74) is 5.46. The maximum Gasteiger partial charge on any atom is 0.293 e. The summed E-state index contributed by atoms with van der Waals surface area (Å²) in [6.45, 7) is 2.51. The quantitative estimate of drug-likeness (QED) is 0.796. The summed E-state index contributed by atoms with van der Waals surface area (Å²) in [5, 5.41) is 3.90. The number of furan rings is 1. The molecule has 0 spiro atoms. The van der Waals surface area contributed by atoms with Gasteiger partial charge in [0.2, 0.25) is 0 Å². The summed E-state index contributed by atoms with van der Waals surface area (Å²) in [5.74, 6) is 4.26. The Hall–Kier alpha value is -1.27. The molecule has 6 heteroatoms. The van der Waals surface area contributed by atoms with E-state index in [1.54, 1.807) is 17.8 Å². The molecule has 0 atom stereocenters. The zero-order chi connectivity index (χ0) is 12.1. The fourth-order valence-electron chi connectivity index (χ4n) is 1.32. The lowest BCUT2D eigenvalue weighted by atomic mass is 10.4. The lowest BCUT2D eigenvalue weighted by Crippen LogP contribution is -1.92. The second-order valence-electron chi connectivity index (χ2n) is 3.54. The average Bonchev–Trinajstić information content (AvgIpc) is 2.97. The average molecular weight is 253 g/mol. The summed E-state index contributed by atoms with van der Waals surface area (Å²) in [4.78, 5) is 4.27. The molecular weight excluding hydrogens is 238 g/mol. The second kappa shape index (κ2) is 5.88. The van der Waals surface area contributed by atoms with Crippen molar-refractivity contribution in [1.29, 1.82) is 0 Å². The van der Waals surface area contributed by atoms with E-state index in [0.717, 1.165) is 17.9 Å². The SMILES string of the molecule is CCCSCc1noc(-c2ccc(CN)o2)n1. The number of thioether (sulfide) groups is 1. The number of nitrogens with two attached hydrogens (primary N) is 1. The molecule has 0 saturated carbocycles. The molecule has 0 aliphatic rings. The molecule has 2 rings (SSSR count). The Labute approximate surface area is 104 Å². The summed E-state index contributed by atoms with van der Waals surface area (Å²) in [6, 6.07) is 3.60. The van der Waals surface area contributed by atoms with Gasteiger partial charge in [0.15, 0.2) is 11.6 Å². The van der Waals surface area contributed by atoms with Gasteiger partial charge in [0.25, 0.3) is 5.89 Å². The molecule has 0 bridgehead atoms. The first-order valence-corrected chi connectivity index (χ1v) is 6.68. The number of hydrogen-bond donors (Lipinski definition) is 1. The molecule has 5 nitrogen and oxygen atoms in total. The minimum Gasteiger partial charge on any atom is -0.455 e. The van der Waals surface area contributed by atoms with Crippen molar-refractivity contribution in [3.63, 3.8) is 0 Å². The van der Waals surface area contributed by atoms with E-state index in [1.807, 2.05) is 6.07 Å². The van der Waals surface area contributed by atoms with E-state index in [2.05, 4.69) is 17.1 Å². The Morgan fingerprint density at radius 2 is 2.29 bits per heavy atom. The Morgan fingerprint density at radius 3 is 3.00 bits per heavy atom. The molecule has 2 heterocycles. The zero-order valence-corrected chi connectivity index (χ0v) is 10.5. The van der Waals surface area contributed by atoms with Crippen LogP contribution in [0, 0.1) is 0 Å². The van der Waals surface area contributed by atoms with Gasteiger partial charge < -0.3 is 14.7 Å². The molecule has 0 aliphatic carbocycles. The number of rotatable bonds is 6. The number of aromatic nitrogens is 2. The third-order valence-corrected chi connectivity index (χ3v) is 3.28. The molecule has 0 radical (unpaired) electrons. The summed E-state index contributed by atoms with van der Waals surface area (Å²) < 4.78 is 10.6. The normalized spacial score (nSPS) is 10.9. The molecule has 92 valence electrons. The molecular formula is C11H15N3O2S. The largest absolute Gasteiger partial charge is 0.455 e. The standard InChI is InChI=1S/C11H15N3O2S/c1-2-5-17-7-10-13-11(16-14-10)9-4-3-8(6-12)15-9/h3-4H,2,5-7,12H2,1H3. The molecule has 2 N–H and O–H groups in total. The highest BCUT2D eigenvalue weighted by Crippen LogP contribution is 2.21. The van der Waals surface area contributed by atoms with Crippen molar-refractivity contribution in [1.82, 2.24) is 10.1 Å². The third kappa shape index (κ3) is 3.10. The van der Waals surface area contributed by atoms with Crippen LogP contribution in [0.3, 0.4) is 0 Å². The predicted octanol–water partition coefficient (Wildman–Crippen LogP) is 2.43. The maximum atomic E-state index is 5.46. The van der Waals surface area contributed by atoms with E-state index < -0.39 is 0 Å². The molecule has 0 aromatic carbocycles. The predicted molar refractivity (Wildman–Crippen MR) is 66.3 cm³/mol. The summed E-state index contributed by atoms with van der Waals surface area (Å²) in [6.07, 6.45) is 1.15. The van der Waals surface area contributed by atoms with Crippen LogP contribution in [0.15, 0.2) is 21.1 Å². The molecule has 2 aromatic heterocycles. The van der Waals surface area contributed by atoms with Crippen LogP contribution < -0.4 is 5.73 Å². The molecule has 17 heavy (non-hydrogen) atoms. The Balaban J connectivity index is 2.02. The van der Waals surface area contributed by atoms with Gasteiger partial charge in [0.05, 0.1) is 12.3 Å². The number of nitrogens with zero attached hydrogens (tertiary/aromatic N) is 2. The van der Waals surface area contributed by atoms with Gasteiger partial charge in [-0.1, -0.05) is 12.1 Å². The molecule has 2 aromatic rings. The van der Waals surface area contributed by atoms with Crippen LogP contribution in [0.2, 0.25) is 0 Å². The first kappa shape index (κ1) is 12.2. The van der Waals surface area contributed by atoms with Crippen LogP contribution in [0.4, 0.5) is 0 Å². The third-order valence-electron chi connectivity index (χ3n) is 2.12. The van der Waals surface area contributed by atoms with E-state index >= 15 is 0 Å². The van der Waals surface area contributed by atoms with Gasteiger partial charge in [0.1, 0.15) is 5.76 Å². The van der Waals surface area contributed by atoms with Crippen molar-refractivity contribution >= 4 is 11.8 Å². The smallest absolute Gasteiger partial charge is 0.293 e. The maximum absolute atomic E-state index is 5.46. The molecule has 0 saturated heterocycles. The van der Waals surface area contributed by atoms with Crippen molar-refractivity contribution in [3.8, 4) is 11.7 Å². The van der Waals surface area contributed by atoms with Gasteiger partial charge in [-0.2, -0.15) is 16.7 Å². The molecule has 0 fully saturated rings. The minimum absolute atomic E-state index is 0.368. The van der Waals surface area contributed by atoms with Gasteiger partial charge in [-0.25, -0.2) is 0 Å². The monoisotopic (exact) mass is 253 g/mol. The van der Waals surface area contributed by atoms with Gasteiger partial charge in [-0.05, 0) is 24.3 Å². The highest BCUT2D eigenvalue weighted by Gasteiger charge is 2.12. The van der Waals surface area contributed by atoms with Crippen molar-refractivity contribution < 1.29 is 8.94 Å².